The Morgan fingerprint density at radius 2 is 2.00 bits per heavy atom. The van der Waals surface area contributed by atoms with Crippen molar-refractivity contribution in [3.8, 4) is 0 Å². The molecular formula is C7H6ClFO3S. The Kier molecular flexibility index (Phi) is 2.61. The molecule has 0 spiro atoms. The van der Waals surface area contributed by atoms with Crippen molar-refractivity contribution in [3.63, 3.8) is 0 Å². The lowest BCUT2D eigenvalue weighted by atomic mass is 10.2. The second-order valence-corrected chi connectivity index (χ2v) is 4.30. The van der Waals surface area contributed by atoms with Crippen molar-refractivity contribution in [1.29, 1.82) is 0 Å². The summed E-state index contributed by atoms with van der Waals surface area (Å²) >= 11 is 5.34. The van der Waals surface area contributed by atoms with Gasteiger partial charge in [-0.15, -0.1) is 0 Å². The van der Waals surface area contributed by atoms with E-state index in [9.17, 15) is 12.8 Å². The maximum atomic E-state index is 12.7. The monoisotopic (exact) mass is 224 g/mol. The van der Waals surface area contributed by atoms with Crippen LogP contribution in [0.5, 0.6) is 0 Å². The van der Waals surface area contributed by atoms with Crippen LogP contribution in [0.15, 0.2) is 17.0 Å². The van der Waals surface area contributed by atoms with E-state index >= 15 is 0 Å². The van der Waals surface area contributed by atoms with Crippen LogP contribution in [0.3, 0.4) is 0 Å². The van der Waals surface area contributed by atoms with Gasteiger partial charge in [0.15, 0.2) is 0 Å². The molecule has 72 valence electrons. The molecule has 13 heavy (non-hydrogen) atoms. The molecule has 1 N–H and O–H groups in total. The van der Waals surface area contributed by atoms with E-state index in [2.05, 4.69) is 0 Å². The molecule has 6 heteroatoms. The first-order valence-corrected chi connectivity index (χ1v) is 5.07. The highest BCUT2D eigenvalue weighted by molar-refractivity contribution is 7.85. The van der Waals surface area contributed by atoms with Crippen molar-refractivity contribution < 1.29 is 17.4 Å². The molecule has 1 rings (SSSR count). The lowest BCUT2D eigenvalue weighted by molar-refractivity contribution is 0.482. The summed E-state index contributed by atoms with van der Waals surface area (Å²) in [5.41, 5.74) is 0.115. The van der Waals surface area contributed by atoms with Crippen molar-refractivity contribution in [2.75, 3.05) is 0 Å². The largest absolute Gasteiger partial charge is 0.294 e. The van der Waals surface area contributed by atoms with Gasteiger partial charge in [0.2, 0.25) is 0 Å². The third-order valence-corrected chi connectivity index (χ3v) is 2.78. The highest BCUT2D eigenvalue weighted by Gasteiger charge is 2.15. The van der Waals surface area contributed by atoms with Gasteiger partial charge in [-0.25, -0.2) is 4.39 Å². The fraction of sp³-hybridized carbons (Fsp3) is 0.143. The fourth-order valence-electron chi connectivity index (χ4n) is 0.906. The number of hydrogen-bond donors (Lipinski definition) is 1. The number of hydrogen-bond acceptors (Lipinski definition) is 2. The summed E-state index contributed by atoms with van der Waals surface area (Å²) in [5, 5.41) is -0.335. The van der Waals surface area contributed by atoms with E-state index < -0.39 is 15.9 Å². The molecule has 1 aromatic rings. The van der Waals surface area contributed by atoms with Crippen LogP contribution in [-0.2, 0) is 10.1 Å². The van der Waals surface area contributed by atoms with Gasteiger partial charge in [0.25, 0.3) is 10.1 Å². The first kappa shape index (κ1) is 10.4. The highest BCUT2D eigenvalue weighted by atomic mass is 35.5. The molecule has 0 heterocycles. The second-order valence-electron chi connectivity index (χ2n) is 2.51. The lowest BCUT2D eigenvalue weighted by Crippen LogP contribution is -2.01. The molecule has 0 aliphatic carbocycles. The average molecular weight is 225 g/mol. The summed E-state index contributed by atoms with van der Waals surface area (Å²) in [6, 6.07) is 1.83. The van der Waals surface area contributed by atoms with Gasteiger partial charge in [-0.05, 0) is 24.6 Å². The third-order valence-electron chi connectivity index (χ3n) is 1.50. The first-order valence-electron chi connectivity index (χ1n) is 3.25. The minimum Gasteiger partial charge on any atom is -0.282 e. The molecule has 0 bridgehead atoms. The van der Waals surface area contributed by atoms with Gasteiger partial charge < -0.3 is 0 Å². The first-order chi connectivity index (χ1) is 5.82. The van der Waals surface area contributed by atoms with Gasteiger partial charge in [-0.2, -0.15) is 8.42 Å². The molecule has 0 saturated carbocycles. The van der Waals surface area contributed by atoms with Gasteiger partial charge in [0, 0.05) is 0 Å². The topological polar surface area (TPSA) is 54.4 Å². The molecule has 0 aliphatic rings. The van der Waals surface area contributed by atoms with Crippen LogP contribution in [-0.4, -0.2) is 13.0 Å². The van der Waals surface area contributed by atoms with Gasteiger partial charge in [-0.1, -0.05) is 11.6 Å². The lowest BCUT2D eigenvalue weighted by Gasteiger charge is -2.03. The molecule has 1 aromatic carbocycles. The summed E-state index contributed by atoms with van der Waals surface area (Å²) in [5.74, 6) is -0.716. The Balaban J connectivity index is 3.50. The molecule has 0 saturated heterocycles. The highest BCUT2D eigenvalue weighted by Crippen LogP contribution is 2.22. The predicted octanol–water partition coefficient (Wildman–Crippen LogP) is 2.03. The van der Waals surface area contributed by atoms with Crippen LogP contribution in [0, 0.1) is 12.7 Å². The zero-order chi connectivity index (χ0) is 10.2. The Morgan fingerprint density at radius 3 is 2.46 bits per heavy atom. The van der Waals surface area contributed by atoms with Crippen molar-refractivity contribution in [2.24, 2.45) is 0 Å². The maximum absolute atomic E-state index is 12.7. The minimum atomic E-state index is -4.32. The van der Waals surface area contributed by atoms with E-state index in [0.29, 0.717) is 0 Å². The normalized spacial score (nSPS) is 11.7. The Bertz CT molecular complexity index is 441. The fourth-order valence-corrected chi connectivity index (χ4v) is 1.87. The molecule has 0 unspecified atom stereocenters. The zero-order valence-corrected chi connectivity index (χ0v) is 8.16. The third kappa shape index (κ3) is 2.18. The van der Waals surface area contributed by atoms with Crippen LogP contribution in [0.4, 0.5) is 4.39 Å². The van der Waals surface area contributed by atoms with Crippen molar-refractivity contribution in [1.82, 2.24) is 0 Å². The molecule has 0 radical (unpaired) electrons. The molecule has 0 atom stereocenters. The van der Waals surface area contributed by atoms with E-state index in [-0.39, 0.29) is 15.5 Å². The summed E-state index contributed by atoms with van der Waals surface area (Å²) in [4.78, 5) is -0.376. The number of rotatable bonds is 1. The van der Waals surface area contributed by atoms with Crippen LogP contribution in [0.2, 0.25) is 5.02 Å². The smallest absolute Gasteiger partial charge is 0.282 e. The Hall–Kier alpha value is -0.650. The summed E-state index contributed by atoms with van der Waals surface area (Å²) in [7, 11) is -4.32. The van der Waals surface area contributed by atoms with Crippen LogP contribution < -0.4 is 0 Å². The van der Waals surface area contributed by atoms with Crippen LogP contribution >= 0.6 is 11.6 Å². The van der Waals surface area contributed by atoms with E-state index in [1.807, 2.05) is 0 Å². The number of benzene rings is 1. The standard InChI is InChI=1S/C7H6ClFO3S/c1-4-2-6(9)5(8)3-7(4)13(10,11)12/h2-3H,1H3,(H,10,11,12). The van der Waals surface area contributed by atoms with Gasteiger partial charge >= 0.3 is 0 Å². The number of aryl methyl sites for hydroxylation is 1. The molecular weight excluding hydrogens is 219 g/mol. The van der Waals surface area contributed by atoms with E-state index in [1.54, 1.807) is 0 Å². The van der Waals surface area contributed by atoms with Crippen molar-refractivity contribution >= 4 is 21.7 Å². The molecule has 0 aromatic heterocycles. The SMILES string of the molecule is Cc1cc(F)c(Cl)cc1S(=O)(=O)O. The molecule has 0 fully saturated rings. The van der Waals surface area contributed by atoms with Crippen LogP contribution in [0.25, 0.3) is 0 Å². The van der Waals surface area contributed by atoms with Gasteiger partial charge in [-0.3, -0.25) is 4.55 Å². The van der Waals surface area contributed by atoms with E-state index in [1.165, 1.54) is 6.92 Å². The van der Waals surface area contributed by atoms with Crippen molar-refractivity contribution in [2.45, 2.75) is 11.8 Å². The Morgan fingerprint density at radius 1 is 1.46 bits per heavy atom. The van der Waals surface area contributed by atoms with E-state index in [0.717, 1.165) is 12.1 Å². The van der Waals surface area contributed by atoms with Gasteiger partial charge in [0.1, 0.15) is 5.82 Å². The molecule has 3 nitrogen and oxygen atoms in total. The number of halogens is 2. The molecule has 0 aliphatic heterocycles. The quantitative estimate of drug-likeness (QED) is 0.743. The zero-order valence-electron chi connectivity index (χ0n) is 6.58. The summed E-state index contributed by atoms with van der Waals surface area (Å²) in [6.07, 6.45) is 0. The predicted molar refractivity (Wildman–Crippen MR) is 46.0 cm³/mol. The maximum Gasteiger partial charge on any atom is 0.294 e. The minimum absolute atomic E-state index is 0.115. The second kappa shape index (κ2) is 3.25. The van der Waals surface area contributed by atoms with Gasteiger partial charge in [0.05, 0.1) is 9.92 Å². The summed E-state index contributed by atoms with van der Waals surface area (Å²) < 4.78 is 42.8. The van der Waals surface area contributed by atoms with E-state index in [4.69, 9.17) is 16.2 Å². The Labute approximate surface area is 79.9 Å². The summed E-state index contributed by atoms with van der Waals surface area (Å²) in [6.45, 7) is 1.36. The molecule has 0 amide bonds. The average Bonchev–Trinajstić information content (AvgIpc) is 1.94. The van der Waals surface area contributed by atoms with Crippen molar-refractivity contribution in [3.05, 3.63) is 28.5 Å². The van der Waals surface area contributed by atoms with Crippen LogP contribution in [0.1, 0.15) is 5.56 Å².